The maximum Gasteiger partial charge on any atom is 0.241 e. The molecule has 26 heavy (non-hydrogen) atoms. The molecule has 2 unspecified atom stereocenters. The van der Waals surface area contributed by atoms with Gasteiger partial charge in [0.1, 0.15) is 0 Å². The molecule has 2 aliphatic rings. The van der Waals surface area contributed by atoms with Gasteiger partial charge in [-0.25, -0.2) is 0 Å². The van der Waals surface area contributed by atoms with Gasteiger partial charge in [-0.05, 0) is 55.8 Å². The summed E-state index contributed by atoms with van der Waals surface area (Å²) >= 11 is 0. The van der Waals surface area contributed by atoms with Crippen molar-refractivity contribution in [2.45, 2.75) is 44.3 Å². The molecule has 0 aromatic heterocycles. The number of ether oxygens (including phenoxy) is 1. The highest BCUT2D eigenvalue weighted by atomic mass is 16.5. The van der Waals surface area contributed by atoms with E-state index in [0.29, 0.717) is 19.8 Å². The predicted octanol–water partition coefficient (Wildman–Crippen LogP) is 0.829. The first kappa shape index (κ1) is 18.8. The maximum atomic E-state index is 12.5. The Morgan fingerprint density at radius 2 is 2.04 bits per heavy atom. The molecule has 2 fully saturated rings. The van der Waals surface area contributed by atoms with Crippen molar-refractivity contribution in [2.75, 3.05) is 25.1 Å². The van der Waals surface area contributed by atoms with E-state index in [1.54, 1.807) is 0 Å². The average molecular weight is 360 g/mol. The number of carbonyl (C=O) groups is 2. The molecule has 5 N–H and O–H groups in total. The summed E-state index contributed by atoms with van der Waals surface area (Å²) in [6.45, 7) is 2.83. The van der Waals surface area contributed by atoms with E-state index in [-0.39, 0.29) is 23.8 Å². The zero-order valence-corrected chi connectivity index (χ0v) is 15.0. The summed E-state index contributed by atoms with van der Waals surface area (Å²) in [7, 11) is 0. The number of benzene rings is 1. The molecular formula is C19H28N4O3. The Morgan fingerprint density at radius 3 is 2.77 bits per heavy atom. The third kappa shape index (κ3) is 4.60. The van der Waals surface area contributed by atoms with Gasteiger partial charge >= 0.3 is 0 Å². The summed E-state index contributed by atoms with van der Waals surface area (Å²) in [5.41, 5.74) is 13.4. The van der Waals surface area contributed by atoms with Gasteiger partial charge in [-0.2, -0.15) is 0 Å². The largest absolute Gasteiger partial charge is 0.381 e. The van der Waals surface area contributed by atoms with Crippen LogP contribution in [-0.4, -0.2) is 48.6 Å². The Hall–Kier alpha value is -1.96. The Labute approximate surface area is 154 Å². The van der Waals surface area contributed by atoms with E-state index < -0.39 is 6.04 Å². The standard InChI is InChI=1S/C19H28N4O3/c20-17(14-6-9-26-10-7-14)19(25)22-15-4-1-3-13(11-15)12-23-8-2-5-16(23)18(21)24/h1,3-4,11,14,16-17H,2,5-10,12,20H2,(H2,21,24)(H,22,25). The van der Waals surface area contributed by atoms with Crippen LogP contribution < -0.4 is 16.8 Å². The van der Waals surface area contributed by atoms with E-state index in [1.165, 1.54) is 0 Å². The summed E-state index contributed by atoms with van der Waals surface area (Å²) in [4.78, 5) is 26.1. The highest BCUT2D eigenvalue weighted by Crippen LogP contribution is 2.22. The van der Waals surface area contributed by atoms with Crippen LogP contribution in [0.25, 0.3) is 0 Å². The van der Waals surface area contributed by atoms with E-state index in [9.17, 15) is 9.59 Å². The first-order chi connectivity index (χ1) is 12.5. The fourth-order valence-electron chi connectivity index (χ4n) is 3.83. The number of likely N-dealkylation sites (tertiary alicyclic amines) is 1. The minimum atomic E-state index is -0.527. The lowest BCUT2D eigenvalue weighted by atomic mass is 9.92. The van der Waals surface area contributed by atoms with Gasteiger partial charge in [-0.1, -0.05) is 12.1 Å². The van der Waals surface area contributed by atoms with E-state index in [4.69, 9.17) is 16.2 Å². The lowest BCUT2D eigenvalue weighted by molar-refractivity contribution is -0.122. The van der Waals surface area contributed by atoms with Crippen molar-refractivity contribution < 1.29 is 14.3 Å². The number of rotatable bonds is 6. The minimum absolute atomic E-state index is 0.160. The molecule has 0 saturated carbocycles. The second-order valence-corrected chi connectivity index (χ2v) is 7.20. The van der Waals surface area contributed by atoms with Crippen molar-refractivity contribution in [1.29, 1.82) is 0 Å². The van der Waals surface area contributed by atoms with Crippen LogP contribution in [0.2, 0.25) is 0 Å². The summed E-state index contributed by atoms with van der Waals surface area (Å²) in [5, 5.41) is 2.92. The topological polar surface area (TPSA) is 111 Å². The second-order valence-electron chi connectivity index (χ2n) is 7.20. The zero-order chi connectivity index (χ0) is 18.5. The van der Waals surface area contributed by atoms with Gasteiger partial charge in [0, 0.05) is 25.4 Å². The molecule has 2 amide bonds. The van der Waals surface area contributed by atoms with Crippen LogP contribution in [0.4, 0.5) is 5.69 Å². The molecule has 2 aliphatic heterocycles. The molecule has 2 saturated heterocycles. The van der Waals surface area contributed by atoms with Crippen LogP contribution in [0, 0.1) is 5.92 Å². The van der Waals surface area contributed by atoms with Gasteiger partial charge in [0.15, 0.2) is 0 Å². The SMILES string of the molecule is NC(=O)C1CCCN1Cc1cccc(NC(=O)C(N)C2CCOCC2)c1. The quantitative estimate of drug-likeness (QED) is 0.696. The molecule has 0 aliphatic carbocycles. The third-order valence-electron chi connectivity index (χ3n) is 5.35. The lowest BCUT2D eigenvalue weighted by Crippen LogP contribution is -2.44. The molecule has 0 spiro atoms. The van der Waals surface area contributed by atoms with Gasteiger partial charge in [0.2, 0.25) is 11.8 Å². The highest BCUT2D eigenvalue weighted by Gasteiger charge is 2.29. The molecule has 3 rings (SSSR count). The summed E-state index contributed by atoms with van der Waals surface area (Å²) in [6.07, 6.45) is 3.42. The van der Waals surface area contributed by atoms with Gasteiger partial charge < -0.3 is 21.5 Å². The lowest BCUT2D eigenvalue weighted by Gasteiger charge is -2.27. The van der Waals surface area contributed by atoms with Crippen molar-refractivity contribution in [1.82, 2.24) is 4.90 Å². The molecule has 1 aromatic rings. The second kappa shape index (κ2) is 8.62. The monoisotopic (exact) mass is 360 g/mol. The van der Waals surface area contributed by atoms with E-state index in [0.717, 1.165) is 43.5 Å². The van der Waals surface area contributed by atoms with Crippen molar-refractivity contribution in [3.05, 3.63) is 29.8 Å². The number of primary amides is 1. The molecule has 142 valence electrons. The summed E-state index contributed by atoms with van der Waals surface area (Å²) < 4.78 is 5.33. The smallest absolute Gasteiger partial charge is 0.241 e. The number of hydrogen-bond acceptors (Lipinski definition) is 5. The molecule has 7 nitrogen and oxygen atoms in total. The first-order valence-corrected chi connectivity index (χ1v) is 9.31. The predicted molar refractivity (Wildman–Crippen MR) is 99.2 cm³/mol. The maximum absolute atomic E-state index is 12.5. The van der Waals surface area contributed by atoms with Crippen LogP contribution in [-0.2, 0) is 20.9 Å². The summed E-state index contributed by atoms with van der Waals surface area (Å²) in [6, 6.07) is 6.96. The molecule has 0 bridgehead atoms. The van der Waals surface area contributed by atoms with Crippen LogP contribution in [0.3, 0.4) is 0 Å². The average Bonchev–Trinajstić information content (AvgIpc) is 3.10. The van der Waals surface area contributed by atoms with Crippen LogP contribution in [0.15, 0.2) is 24.3 Å². The molecule has 7 heteroatoms. The number of hydrogen-bond donors (Lipinski definition) is 3. The summed E-state index contributed by atoms with van der Waals surface area (Å²) in [5.74, 6) is -0.271. The van der Waals surface area contributed by atoms with Gasteiger partial charge in [-0.3, -0.25) is 14.5 Å². The van der Waals surface area contributed by atoms with Gasteiger partial charge in [0.05, 0.1) is 12.1 Å². The van der Waals surface area contributed by atoms with Crippen molar-refractivity contribution in [3.8, 4) is 0 Å². The van der Waals surface area contributed by atoms with Crippen molar-refractivity contribution in [3.63, 3.8) is 0 Å². The Morgan fingerprint density at radius 1 is 1.27 bits per heavy atom. The Balaban J connectivity index is 1.60. The normalized spacial score (nSPS) is 22.9. The number of carbonyl (C=O) groups excluding carboxylic acids is 2. The fraction of sp³-hybridized carbons (Fsp3) is 0.579. The van der Waals surface area contributed by atoms with Crippen LogP contribution in [0.5, 0.6) is 0 Å². The number of nitrogens with one attached hydrogen (secondary N) is 1. The van der Waals surface area contributed by atoms with Gasteiger partial charge in [0.25, 0.3) is 0 Å². The van der Waals surface area contributed by atoms with E-state index in [2.05, 4.69) is 10.2 Å². The number of anilines is 1. The Bertz CT molecular complexity index is 645. The zero-order valence-electron chi connectivity index (χ0n) is 15.0. The number of nitrogens with zero attached hydrogens (tertiary/aromatic N) is 1. The minimum Gasteiger partial charge on any atom is -0.381 e. The van der Waals surface area contributed by atoms with Crippen LogP contribution >= 0.6 is 0 Å². The first-order valence-electron chi connectivity index (χ1n) is 9.31. The van der Waals surface area contributed by atoms with Crippen LogP contribution in [0.1, 0.15) is 31.2 Å². The molecule has 0 radical (unpaired) electrons. The highest BCUT2D eigenvalue weighted by molar-refractivity contribution is 5.95. The van der Waals surface area contributed by atoms with E-state index in [1.807, 2.05) is 24.3 Å². The van der Waals surface area contributed by atoms with Gasteiger partial charge in [-0.15, -0.1) is 0 Å². The third-order valence-corrected chi connectivity index (χ3v) is 5.35. The molecule has 2 atom stereocenters. The molecule has 2 heterocycles. The number of amides is 2. The van der Waals surface area contributed by atoms with Crippen molar-refractivity contribution >= 4 is 17.5 Å². The molecular weight excluding hydrogens is 332 g/mol. The van der Waals surface area contributed by atoms with E-state index >= 15 is 0 Å². The fourth-order valence-corrected chi connectivity index (χ4v) is 3.83. The molecule has 1 aromatic carbocycles. The Kier molecular flexibility index (Phi) is 6.24. The van der Waals surface area contributed by atoms with Crippen molar-refractivity contribution in [2.24, 2.45) is 17.4 Å². The number of nitrogens with two attached hydrogens (primary N) is 2.